The monoisotopic (exact) mass is 249 g/mol. The van der Waals surface area contributed by atoms with E-state index in [1.807, 2.05) is 26.0 Å². The molecule has 1 aliphatic rings. The molecule has 2 unspecified atom stereocenters. The number of carbonyl (C=O) groups excluding carboxylic acids is 1. The van der Waals surface area contributed by atoms with E-state index in [-0.39, 0.29) is 18.1 Å². The predicted octanol–water partition coefficient (Wildman–Crippen LogP) is 0.578. The number of ether oxygens (including phenoxy) is 1. The van der Waals surface area contributed by atoms with Gasteiger partial charge in [0.25, 0.3) is 5.91 Å². The second-order valence-electron chi connectivity index (χ2n) is 4.69. The van der Waals surface area contributed by atoms with Crippen LogP contribution in [0.1, 0.15) is 23.0 Å². The van der Waals surface area contributed by atoms with Crippen LogP contribution in [-0.4, -0.2) is 47.6 Å². The van der Waals surface area contributed by atoms with Gasteiger partial charge in [-0.25, -0.2) is 0 Å². The Bertz CT molecular complexity index is 434. The number of amides is 1. The molecule has 5 heteroatoms. The number of nitrogens with zero attached hydrogens (tertiary/aromatic N) is 2. The highest BCUT2D eigenvalue weighted by atomic mass is 16.5. The third-order valence-corrected chi connectivity index (χ3v) is 3.18. The second-order valence-corrected chi connectivity index (χ2v) is 4.69. The van der Waals surface area contributed by atoms with E-state index in [1.54, 1.807) is 11.1 Å². The highest BCUT2D eigenvalue weighted by Gasteiger charge is 2.28. The summed E-state index contributed by atoms with van der Waals surface area (Å²) in [6.45, 7) is 5.45. The Balaban J connectivity index is 2.12. The van der Waals surface area contributed by atoms with Crippen LogP contribution in [0.2, 0.25) is 0 Å². The summed E-state index contributed by atoms with van der Waals surface area (Å²) < 4.78 is 5.55. The Morgan fingerprint density at radius 3 is 3.11 bits per heavy atom. The minimum absolute atomic E-state index is 0.0398. The van der Waals surface area contributed by atoms with Gasteiger partial charge in [-0.3, -0.25) is 9.78 Å². The van der Waals surface area contributed by atoms with Crippen molar-refractivity contribution in [2.45, 2.75) is 26.0 Å². The largest absolute Gasteiger partial charge is 0.373 e. The molecule has 5 nitrogen and oxygen atoms in total. The lowest BCUT2D eigenvalue weighted by Crippen LogP contribution is -2.51. The van der Waals surface area contributed by atoms with Gasteiger partial charge >= 0.3 is 0 Å². The summed E-state index contributed by atoms with van der Waals surface area (Å²) in [5.74, 6) is -0.0398. The van der Waals surface area contributed by atoms with Gasteiger partial charge in [0.1, 0.15) is 5.69 Å². The first-order chi connectivity index (χ1) is 8.59. The number of morpholine rings is 1. The lowest BCUT2D eigenvalue weighted by atomic mass is 10.1. The van der Waals surface area contributed by atoms with E-state index >= 15 is 0 Å². The minimum atomic E-state index is -0.0910. The van der Waals surface area contributed by atoms with E-state index in [0.717, 1.165) is 5.56 Å². The van der Waals surface area contributed by atoms with Crippen molar-refractivity contribution in [3.8, 4) is 0 Å². The van der Waals surface area contributed by atoms with Gasteiger partial charge < -0.3 is 15.4 Å². The lowest BCUT2D eigenvalue weighted by Gasteiger charge is -2.34. The van der Waals surface area contributed by atoms with Crippen molar-refractivity contribution in [3.63, 3.8) is 0 Å². The van der Waals surface area contributed by atoms with Crippen molar-refractivity contribution in [2.24, 2.45) is 5.73 Å². The van der Waals surface area contributed by atoms with Crippen molar-refractivity contribution in [3.05, 3.63) is 29.6 Å². The molecule has 18 heavy (non-hydrogen) atoms. The highest BCUT2D eigenvalue weighted by Crippen LogP contribution is 2.13. The van der Waals surface area contributed by atoms with Gasteiger partial charge in [-0.05, 0) is 25.5 Å². The Kier molecular flexibility index (Phi) is 3.93. The van der Waals surface area contributed by atoms with Crippen LogP contribution in [0, 0.1) is 6.92 Å². The molecule has 98 valence electrons. The van der Waals surface area contributed by atoms with Crippen LogP contribution in [0.3, 0.4) is 0 Å². The maximum absolute atomic E-state index is 12.4. The molecule has 1 saturated heterocycles. The summed E-state index contributed by atoms with van der Waals surface area (Å²) in [6.07, 6.45) is 1.55. The number of carbonyl (C=O) groups is 1. The molecule has 1 amide bonds. The second kappa shape index (κ2) is 5.46. The van der Waals surface area contributed by atoms with Gasteiger partial charge in [0.05, 0.1) is 12.7 Å². The fraction of sp³-hybridized carbons (Fsp3) is 0.538. The molecular formula is C13H19N3O2. The summed E-state index contributed by atoms with van der Waals surface area (Å²) >= 11 is 0. The number of aromatic nitrogens is 1. The van der Waals surface area contributed by atoms with Crippen molar-refractivity contribution in [2.75, 3.05) is 19.7 Å². The highest BCUT2D eigenvalue weighted by molar-refractivity contribution is 5.93. The molecule has 1 fully saturated rings. The zero-order valence-electron chi connectivity index (χ0n) is 10.8. The van der Waals surface area contributed by atoms with Gasteiger partial charge in [-0.1, -0.05) is 6.07 Å². The molecule has 2 N–H and O–H groups in total. The molecule has 1 aliphatic heterocycles. The molecule has 2 heterocycles. The summed E-state index contributed by atoms with van der Waals surface area (Å²) in [5, 5.41) is 0. The number of aryl methyl sites for hydroxylation is 1. The summed E-state index contributed by atoms with van der Waals surface area (Å²) in [4.78, 5) is 18.3. The van der Waals surface area contributed by atoms with E-state index in [1.165, 1.54) is 0 Å². The van der Waals surface area contributed by atoms with E-state index in [2.05, 4.69) is 4.98 Å². The van der Waals surface area contributed by atoms with Crippen molar-refractivity contribution >= 4 is 5.91 Å². The molecule has 0 aromatic carbocycles. The fourth-order valence-electron chi connectivity index (χ4n) is 2.04. The standard InChI is InChI=1S/C13H19N3O2/c1-9-4-3-5-15-12(9)13(17)16-6-7-18-11(8-16)10(2)14/h3-5,10-11H,6-8,14H2,1-2H3. The van der Waals surface area contributed by atoms with Gasteiger partial charge in [-0.2, -0.15) is 0 Å². The van der Waals surface area contributed by atoms with Crippen LogP contribution in [0.5, 0.6) is 0 Å². The van der Waals surface area contributed by atoms with E-state index in [0.29, 0.717) is 25.4 Å². The summed E-state index contributed by atoms with van der Waals surface area (Å²) in [5.41, 5.74) is 7.23. The number of nitrogens with two attached hydrogens (primary N) is 1. The van der Waals surface area contributed by atoms with E-state index in [9.17, 15) is 4.79 Å². The van der Waals surface area contributed by atoms with Gasteiger partial charge in [-0.15, -0.1) is 0 Å². The molecule has 0 saturated carbocycles. The van der Waals surface area contributed by atoms with E-state index < -0.39 is 0 Å². The normalized spacial score (nSPS) is 21.7. The van der Waals surface area contributed by atoms with Crippen LogP contribution < -0.4 is 5.73 Å². The maximum atomic E-state index is 12.4. The number of pyridine rings is 1. The average molecular weight is 249 g/mol. The average Bonchev–Trinajstić information content (AvgIpc) is 2.38. The molecule has 1 aromatic rings. The van der Waals surface area contributed by atoms with Gasteiger partial charge in [0.15, 0.2) is 0 Å². The van der Waals surface area contributed by atoms with Crippen LogP contribution in [0.15, 0.2) is 18.3 Å². The van der Waals surface area contributed by atoms with Crippen LogP contribution in [0.25, 0.3) is 0 Å². The Morgan fingerprint density at radius 1 is 1.67 bits per heavy atom. The predicted molar refractivity (Wildman–Crippen MR) is 68.3 cm³/mol. The third-order valence-electron chi connectivity index (χ3n) is 3.18. The Labute approximate surface area is 107 Å². The lowest BCUT2D eigenvalue weighted by molar-refractivity contribution is -0.0302. The molecule has 2 atom stereocenters. The molecule has 0 bridgehead atoms. The fourth-order valence-corrected chi connectivity index (χ4v) is 2.04. The Hall–Kier alpha value is -1.46. The first-order valence-corrected chi connectivity index (χ1v) is 6.17. The Morgan fingerprint density at radius 2 is 2.44 bits per heavy atom. The summed E-state index contributed by atoms with van der Waals surface area (Å²) in [7, 11) is 0. The van der Waals surface area contributed by atoms with Crippen LogP contribution in [0.4, 0.5) is 0 Å². The topological polar surface area (TPSA) is 68.5 Å². The van der Waals surface area contributed by atoms with Crippen molar-refractivity contribution in [1.82, 2.24) is 9.88 Å². The third kappa shape index (κ3) is 2.68. The molecule has 2 rings (SSSR count). The maximum Gasteiger partial charge on any atom is 0.272 e. The van der Waals surface area contributed by atoms with Crippen LogP contribution >= 0.6 is 0 Å². The van der Waals surface area contributed by atoms with E-state index in [4.69, 9.17) is 10.5 Å². The summed E-state index contributed by atoms with van der Waals surface area (Å²) in [6, 6.07) is 3.64. The number of hydrogen-bond acceptors (Lipinski definition) is 4. The minimum Gasteiger partial charge on any atom is -0.373 e. The van der Waals surface area contributed by atoms with Crippen molar-refractivity contribution < 1.29 is 9.53 Å². The first-order valence-electron chi connectivity index (χ1n) is 6.17. The van der Waals surface area contributed by atoms with Gasteiger partial charge in [0, 0.05) is 25.3 Å². The van der Waals surface area contributed by atoms with Crippen molar-refractivity contribution in [1.29, 1.82) is 0 Å². The number of rotatable bonds is 2. The van der Waals surface area contributed by atoms with Gasteiger partial charge in [0.2, 0.25) is 0 Å². The molecular weight excluding hydrogens is 230 g/mol. The molecule has 0 radical (unpaired) electrons. The molecule has 0 spiro atoms. The zero-order chi connectivity index (χ0) is 13.1. The SMILES string of the molecule is Cc1cccnc1C(=O)N1CCOC(C(C)N)C1. The van der Waals surface area contributed by atoms with Crippen LogP contribution in [-0.2, 0) is 4.74 Å². The first kappa shape index (κ1) is 13.0. The number of hydrogen-bond donors (Lipinski definition) is 1. The molecule has 0 aliphatic carbocycles. The molecule has 1 aromatic heterocycles. The smallest absolute Gasteiger partial charge is 0.272 e. The quantitative estimate of drug-likeness (QED) is 0.832. The zero-order valence-corrected chi connectivity index (χ0v) is 10.8.